The summed E-state index contributed by atoms with van der Waals surface area (Å²) in [6.07, 6.45) is 28.6. The van der Waals surface area contributed by atoms with Gasteiger partial charge in [-0.15, -0.1) is 0 Å². The van der Waals surface area contributed by atoms with Crippen molar-refractivity contribution in [3.05, 3.63) is 12.2 Å². The van der Waals surface area contributed by atoms with Crippen molar-refractivity contribution in [2.75, 3.05) is 19.6 Å². The molecule has 3 heteroatoms. The molecule has 0 bridgehead atoms. The molecule has 0 unspecified atom stereocenters. The second-order valence-electron chi connectivity index (χ2n) is 8.24. The van der Waals surface area contributed by atoms with E-state index in [4.69, 9.17) is 17.2 Å². The molecule has 0 aliphatic rings. The lowest BCUT2D eigenvalue weighted by Gasteiger charge is -2.16. The molecule has 0 saturated carbocycles. The maximum absolute atomic E-state index is 5.66. The summed E-state index contributed by atoms with van der Waals surface area (Å²) < 4.78 is 0. The van der Waals surface area contributed by atoms with Crippen LogP contribution in [0.1, 0.15) is 116 Å². The maximum atomic E-state index is 5.66. The summed E-state index contributed by atoms with van der Waals surface area (Å²) in [6.45, 7) is 2.52. The predicted octanol–water partition coefficient (Wildman–Crippen LogP) is 6.06. The van der Waals surface area contributed by atoms with Crippen molar-refractivity contribution in [1.82, 2.24) is 0 Å². The van der Waals surface area contributed by atoms with E-state index in [0.717, 1.165) is 25.6 Å². The standard InChI is InChI=1S/C24H51N3/c25-21-15-13-11-9-7-5-3-1-2-4-6-8-10-12-14-18-24(19-16-22-26)20-17-23-27/h1-2,24H,3-23,25-27H2. The van der Waals surface area contributed by atoms with Crippen LogP contribution in [0.3, 0.4) is 0 Å². The zero-order chi connectivity index (χ0) is 19.8. The van der Waals surface area contributed by atoms with Gasteiger partial charge in [-0.1, -0.05) is 69.9 Å². The van der Waals surface area contributed by atoms with Crippen LogP contribution in [0.25, 0.3) is 0 Å². The van der Waals surface area contributed by atoms with Gasteiger partial charge in [0.25, 0.3) is 0 Å². The fourth-order valence-corrected chi connectivity index (χ4v) is 3.82. The Labute approximate surface area is 170 Å². The molecule has 0 aromatic carbocycles. The van der Waals surface area contributed by atoms with Gasteiger partial charge in [0.1, 0.15) is 0 Å². The van der Waals surface area contributed by atoms with E-state index in [9.17, 15) is 0 Å². The Kier molecular flexibility index (Phi) is 23.3. The Morgan fingerprint density at radius 1 is 0.407 bits per heavy atom. The molecule has 0 heterocycles. The molecule has 0 fully saturated rings. The Hall–Kier alpha value is -0.380. The van der Waals surface area contributed by atoms with Crippen molar-refractivity contribution >= 4 is 0 Å². The monoisotopic (exact) mass is 381 g/mol. The van der Waals surface area contributed by atoms with E-state index >= 15 is 0 Å². The molecular formula is C24H51N3. The predicted molar refractivity (Wildman–Crippen MR) is 123 cm³/mol. The van der Waals surface area contributed by atoms with Crippen molar-refractivity contribution in [3.8, 4) is 0 Å². The van der Waals surface area contributed by atoms with Gasteiger partial charge in [-0.3, -0.25) is 0 Å². The van der Waals surface area contributed by atoms with Gasteiger partial charge in [0.2, 0.25) is 0 Å². The van der Waals surface area contributed by atoms with E-state index in [2.05, 4.69) is 12.2 Å². The minimum atomic E-state index is 0.835. The van der Waals surface area contributed by atoms with Crippen LogP contribution in [0.4, 0.5) is 0 Å². The summed E-state index contributed by atoms with van der Waals surface area (Å²) in [5, 5.41) is 0. The fraction of sp³-hybridized carbons (Fsp3) is 0.917. The average molecular weight is 382 g/mol. The third-order valence-corrected chi connectivity index (χ3v) is 5.61. The van der Waals surface area contributed by atoms with Crippen molar-refractivity contribution < 1.29 is 0 Å². The highest BCUT2D eigenvalue weighted by Gasteiger charge is 2.07. The maximum Gasteiger partial charge on any atom is -0.00772 e. The SMILES string of the molecule is NCCCCCCCCC=CCCCCCCCC(CCCN)CCCN. The molecule has 0 rings (SSSR count). The van der Waals surface area contributed by atoms with Gasteiger partial charge >= 0.3 is 0 Å². The normalized spacial score (nSPS) is 11.9. The molecule has 0 spiro atoms. The number of allylic oxidation sites excluding steroid dienone is 2. The number of rotatable bonds is 22. The minimum absolute atomic E-state index is 0.835. The van der Waals surface area contributed by atoms with E-state index in [0.29, 0.717) is 0 Å². The van der Waals surface area contributed by atoms with Gasteiger partial charge in [-0.25, -0.2) is 0 Å². The average Bonchev–Trinajstić information content (AvgIpc) is 2.69. The Bertz CT molecular complexity index is 283. The largest absolute Gasteiger partial charge is 0.330 e. The van der Waals surface area contributed by atoms with E-state index < -0.39 is 0 Å². The molecule has 0 saturated heterocycles. The summed E-state index contributed by atoms with van der Waals surface area (Å²) in [7, 11) is 0. The van der Waals surface area contributed by atoms with Crippen LogP contribution < -0.4 is 17.2 Å². The Morgan fingerprint density at radius 2 is 0.778 bits per heavy atom. The third-order valence-electron chi connectivity index (χ3n) is 5.61. The Balaban J connectivity index is 3.35. The highest BCUT2D eigenvalue weighted by atomic mass is 14.5. The van der Waals surface area contributed by atoms with Crippen molar-refractivity contribution in [2.24, 2.45) is 23.1 Å². The van der Waals surface area contributed by atoms with Crippen LogP contribution in [0.15, 0.2) is 12.2 Å². The molecule has 0 aliphatic carbocycles. The summed E-state index contributed by atoms with van der Waals surface area (Å²) in [5.41, 5.74) is 16.8. The molecule has 0 aromatic rings. The highest BCUT2D eigenvalue weighted by Crippen LogP contribution is 2.21. The van der Waals surface area contributed by atoms with Crippen LogP contribution in [-0.2, 0) is 0 Å². The molecule has 6 N–H and O–H groups in total. The van der Waals surface area contributed by atoms with Gasteiger partial charge in [-0.05, 0) is 83.3 Å². The van der Waals surface area contributed by atoms with Gasteiger partial charge < -0.3 is 17.2 Å². The minimum Gasteiger partial charge on any atom is -0.330 e. The molecule has 0 aliphatic heterocycles. The third kappa shape index (κ3) is 21.8. The summed E-state index contributed by atoms with van der Waals surface area (Å²) in [5.74, 6) is 0.862. The van der Waals surface area contributed by atoms with Crippen LogP contribution >= 0.6 is 0 Å². The lowest BCUT2D eigenvalue weighted by molar-refractivity contribution is 0.383. The lowest BCUT2D eigenvalue weighted by Crippen LogP contribution is -2.08. The number of hydrogen-bond acceptors (Lipinski definition) is 3. The molecule has 0 atom stereocenters. The lowest BCUT2D eigenvalue weighted by atomic mass is 9.91. The topological polar surface area (TPSA) is 78.1 Å². The quantitative estimate of drug-likeness (QED) is 0.158. The number of hydrogen-bond donors (Lipinski definition) is 3. The van der Waals surface area contributed by atoms with Crippen LogP contribution in [0.2, 0.25) is 0 Å². The van der Waals surface area contributed by atoms with Crippen molar-refractivity contribution in [3.63, 3.8) is 0 Å². The van der Waals surface area contributed by atoms with Crippen LogP contribution in [0.5, 0.6) is 0 Å². The zero-order valence-electron chi connectivity index (χ0n) is 18.3. The molecule has 162 valence electrons. The first kappa shape index (κ1) is 26.6. The fourth-order valence-electron chi connectivity index (χ4n) is 3.82. The molecular weight excluding hydrogens is 330 g/mol. The summed E-state index contributed by atoms with van der Waals surface area (Å²) in [6, 6.07) is 0. The van der Waals surface area contributed by atoms with E-state index in [1.807, 2.05) is 0 Å². The number of nitrogens with two attached hydrogens (primary N) is 3. The van der Waals surface area contributed by atoms with Gasteiger partial charge in [-0.2, -0.15) is 0 Å². The van der Waals surface area contributed by atoms with Crippen LogP contribution in [-0.4, -0.2) is 19.6 Å². The first-order valence-electron chi connectivity index (χ1n) is 12.1. The molecule has 0 amide bonds. The first-order chi connectivity index (χ1) is 13.3. The second-order valence-corrected chi connectivity index (χ2v) is 8.24. The van der Waals surface area contributed by atoms with E-state index in [-0.39, 0.29) is 0 Å². The molecule has 3 nitrogen and oxygen atoms in total. The highest BCUT2D eigenvalue weighted by molar-refractivity contribution is 4.81. The molecule has 27 heavy (non-hydrogen) atoms. The smallest absolute Gasteiger partial charge is 0.00772 e. The molecule has 0 radical (unpaired) electrons. The zero-order valence-corrected chi connectivity index (χ0v) is 18.3. The van der Waals surface area contributed by atoms with Gasteiger partial charge in [0.15, 0.2) is 0 Å². The van der Waals surface area contributed by atoms with Gasteiger partial charge in [0.05, 0.1) is 0 Å². The second kappa shape index (κ2) is 23.7. The summed E-state index contributed by atoms with van der Waals surface area (Å²) >= 11 is 0. The van der Waals surface area contributed by atoms with E-state index in [1.54, 1.807) is 0 Å². The van der Waals surface area contributed by atoms with E-state index in [1.165, 1.54) is 116 Å². The van der Waals surface area contributed by atoms with Gasteiger partial charge in [0, 0.05) is 0 Å². The number of unbranched alkanes of at least 4 members (excludes halogenated alkanes) is 11. The first-order valence-corrected chi connectivity index (χ1v) is 12.1. The van der Waals surface area contributed by atoms with Crippen LogP contribution in [0, 0.1) is 5.92 Å². The van der Waals surface area contributed by atoms with Crippen molar-refractivity contribution in [2.45, 2.75) is 116 Å². The molecule has 0 aromatic heterocycles. The summed E-state index contributed by atoms with van der Waals surface area (Å²) in [4.78, 5) is 0. The Morgan fingerprint density at radius 3 is 1.26 bits per heavy atom. The van der Waals surface area contributed by atoms with Crippen molar-refractivity contribution in [1.29, 1.82) is 0 Å².